The second-order valence-corrected chi connectivity index (χ2v) is 7.06. The van der Waals surface area contributed by atoms with Crippen molar-refractivity contribution in [3.63, 3.8) is 0 Å². The predicted octanol–water partition coefficient (Wildman–Crippen LogP) is 2.94. The van der Waals surface area contributed by atoms with E-state index in [0.29, 0.717) is 0 Å². The highest BCUT2D eigenvalue weighted by molar-refractivity contribution is 14.1. The molecule has 1 saturated carbocycles. The Hall–Kier alpha value is 0.350. The van der Waals surface area contributed by atoms with E-state index in [1.807, 2.05) is 0 Å². The van der Waals surface area contributed by atoms with Gasteiger partial charge in [-0.3, -0.25) is 4.90 Å². The number of rotatable bonds is 2. The van der Waals surface area contributed by atoms with E-state index in [9.17, 15) is 0 Å². The van der Waals surface area contributed by atoms with Crippen LogP contribution in [0.15, 0.2) is 9.66 Å². The molecular weight excluding hydrogens is 341 g/mol. The van der Waals surface area contributed by atoms with E-state index >= 15 is 0 Å². The van der Waals surface area contributed by atoms with Gasteiger partial charge in [0.15, 0.2) is 5.79 Å². The molecule has 0 aromatic rings. The zero-order valence-corrected chi connectivity index (χ0v) is 13.2. The smallest absolute Gasteiger partial charge is 0.168 e. The first kappa shape index (κ1) is 13.3. The van der Waals surface area contributed by atoms with E-state index in [1.165, 1.54) is 23.0 Å². The quantitative estimate of drug-likeness (QED) is 0.705. The van der Waals surface area contributed by atoms with Crippen LogP contribution in [-0.2, 0) is 9.47 Å². The number of ether oxygens (including phenoxy) is 2. The Morgan fingerprint density at radius 2 is 2.17 bits per heavy atom. The molecule has 0 unspecified atom stereocenters. The topological polar surface area (TPSA) is 21.7 Å². The minimum absolute atomic E-state index is 0.203. The molecule has 3 rings (SSSR count). The number of hydrogen-bond donors (Lipinski definition) is 0. The van der Waals surface area contributed by atoms with Crippen LogP contribution in [0.4, 0.5) is 0 Å². The molecule has 1 spiro atoms. The van der Waals surface area contributed by atoms with Crippen molar-refractivity contribution in [2.75, 3.05) is 26.3 Å². The van der Waals surface area contributed by atoms with Gasteiger partial charge in [-0.25, -0.2) is 0 Å². The highest BCUT2D eigenvalue weighted by atomic mass is 127. The molecule has 0 aromatic carbocycles. The molecule has 0 amide bonds. The molecular formula is C14H22INO2. The van der Waals surface area contributed by atoms with Gasteiger partial charge in [-0.2, -0.15) is 0 Å². The van der Waals surface area contributed by atoms with Crippen LogP contribution in [0.3, 0.4) is 0 Å². The number of halogens is 1. The maximum Gasteiger partial charge on any atom is 0.168 e. The van der Waals surface area contributed by atoms with E-state index < -0.39 is 0 Å². The molecule has 2 heterocycles. The SMILES string of the molecule is C/C=C(\I)CN1CC[C@@H]2CC3(CC[C@@H]21)OCCO3. The van der Waals surface area contributed by atoms with Crippen molar-refractivity contribution in [2.24, 2.45) is 5.92 Å². The fourth-order valence-corrected chi connectivity index (χ4v) is 4.19. The Bertz CT molecular complexity index is 339. The molecule has 0 N–H and O–H groups in total. The number of nitrogens with zero attached hydrogens (tertiary/aromatic N) is 1. The molecule has 3 nitrogen and oxygen atoms in total. The van der Waals surface area contributed by atoms with Crippen LogP contribution in [0.2, 0.25) is 0 Å². The van der Waals surface area contributed by atoms with Gasteiger partial charge < -0.3 is 9.47 Å². The van der Waals surface area contributed by atoms with Crippen molar-refractivity contribution in [3.8, 4) is 0 Å². The zero-order valence-electron chi connectivity index (χ0n) is 11.0. The van der Waals surface area contributed by atoms with Gasteiger partial charge in [-0.1, -0.05) is 6.08 Å². The second-order valence-electron chi connectivity index (χ2n) is 5.67. The number of likely N-dealkylation sites (tertiary alicyclic amines) is 1. The fraction of sp³-hybridized carbons (Fsp3) is 0.857. The van der Waals surface area contributed by atoms with Crippen LogP contribution in [0, 0.1) is 5.92 Å². The highest BCUT2D eigenvalue weighted by Gasteiger charge is 2.48. The molecule has 0 bridgehead atoms. The van der Waals surface area contributed by atoms with E-state index in [4.69, 9.17) is 9.47 Å². The van der Waals surface area contributed by atoms with Gasteiger partial charge in [0, 0.05) is 29.0 Å². The average molecular weight is 363 g/mol. The molecule has 4 heteroatoms. The number of hydrogen-bond acceptors (Lipinski definition) is 3. The lowest BCUT2D eigenvalue weighted by atomic mass is 9.81. The van der Waals surface area contributed by atoms with Crippen molar-refractivity contribution >= 4 is 22.6 Å². The second kappa shape index (κ2) is 5.38. The van der Waals surface area contributed by atoms with Crippen LogP contribution in [0.1, 0.15) is 32.6 Å². The summed E-state index contributed by atoms with van der Waals surface area (Å²) in [5.74, 6) is 0.572. The van der Waals surface area contributed by atoms with Crippen LogP contribution < -0.4 is 0 Å². The lowest BCUT2D eigenvalue weighted by Crippen LogP contribution is -2.45. The molecule has 18 heavy (non-hydrogen) atoms. The third kappa shape index (κ3) is 2.49. The van der Waals surface area contributed by atoms with Gasteiger partial charge in [-0.15, -0.1) is 0 Å². The standard InChI is InChI=1S/C14H22INO2/c1-2-12(15)10-16-6-4-11-9-14(5-3-13(11)16)17-7-8-18-14/h2,11,13H,3-10H2,1H3/b12-2-/t11-,13+/m1/s1. The summed E-state index contributed by atoms with van der Waals surface area (Å²) < 4.78 is 13.2. The zero-order chi connectivity index (χ0) is 12.6. The van der Waals surface area contributed by atoms with Gasteiger partial charge in [0.05, 0.1) is 13.2 Å². The normalized spacial score (nSPS) is 36.2. The Balaban J connectivity index is 1.63. The molecule has 3 aliphatic rings. The van der Waals surface area contributed by atoms with E-state index in [1.54, 1.807) is 0 Å². The fourth-order valence-electron chi connectivity index (χ4n) is 3.75. The Morgan fingerprint density at radius 1 is 1.39 bits per heavy atom. The molecule has 2 aliphatic heterocycles. The monoisotopic (exact) mass is 363 g/mol. The Kier molecular flexibility index (Phi) is 3.99. The number of fused-ring (bicyclic) bond motifs is 1. The van der Waals surface area contributed by atoms with Crippen LogP contribution in [0.25, 0.3) is 0 Å². The van der Waals surface area contributed by atoms with Crippen LogP contribution in [0.5, 0.6) is 0 Å². The van der Waals surface area contributed by atoms with Crippen molar-refractivity contribution in [3.05, 3.63) is 9.66 Å². The van der Waals surface area contributed by atoms with Gasteiger partial charge in [0.25, 0.3) is 0 Å². The van der Waals surface area contributed by atoms with Gasteiger partial charge in [-0.05, 0) is 54.8 Å². The van der Waals surface area contributed by atoms with E-state index in [2.05, 4.69) is 40.5 Å². The largest absolute Gasteiger partial charge is 0.348 e. The first-order valence-corrected chi connectivity index (χ1v) is 8.13. The van der Waals surface area contributed by atoms with Crippen molar-refractivity contribution in [1.82, 2.24) is 4.90 Å². The summed E-state index contributed by atoms with van der Waals surface area (Å²) in [6, 6.07) is 0.758. The lowest BCUT2D eigenvalue weighted by molar-refractivity contribution is -0.191. The lowest BCUT2D eigenvalue weighted by Gasteiger charge is -2.40. The van der Waals surface area contributed by atoms with E-state index in [-0.39, 0.29) is 5.79 Å². The van der Waals surface area contributed by atoms with Crippen molar-refractivity contribution < 1.29 is 9.47 Å². The first-order valence-electron chi connectivity index (χ1n) is 7.05. The molecule has 0 radical (unpaired) electrons. The van der Waals surface area contributed by atoms with E-state index in [0.717, 1.165) is 44.6 Å². The molecule has 1 aliphatic carbocycles. The van der Waals surface area contributed by atoms with Gasteiger partial charge >= 0.3 is 0 Å². The summed E-state index contributed by atoms with van der Waals surface area (Å²) in [4.78, 5) is 2.66. The van der Waals surface area contributed by atoms with Crippen LogP contribution >= 0.6 is 22.6 Å². The summed E-state index contributed by atoms with van der Waals surface area (Å²) in [6.45, 7) is 6.08. The first-order chi connectivity index (χ1) is 8.72. The Labute approximate surface area is 123 Å². The summed E-state index contributed by atoms with van der Waals surface area (Å²) in [5, 5.41) is 0. The summed E-state index contributed by atoms with van der Waals surface area (Å²) in [5.41, 5.74) is 0. The molecule has 2 atom stereocenters. The summed E-state index contributed by atoms with van der Waals surface area (Å²) in [7, 11) is 0. The highest BCUT2D eigenvalue weighted by Crippen LogP contribution is 2.44. The molecule has 102 valence electrons. The Morgan fingerprint density at radius 3 is 2.89 bits per heavy atom. The van der Waals surface area contributed by atoms with Crippen molar-refractivity contribution in [2.45, 2.75) is 44.4 Å². The number of allylic oxidation sites excluding steroid dienone is 1. The minimum Gasteiger partial charge on any atom is -0.348 e. The van der Waals surface area contributed by atoms with Gasteiger partial charge in [0.2, 0.25) is 0 Å². The minimum atomic E-state index is -0.203. The van der Waals surface area contributed by atoms with Gasteiger partial charge in [0.1, 0.15) is 0 Å². The molecule has 0 aromatic heterocycles. The molecule has 3 fully saturated rings. The maximum absolute atomic E-state index is 5.87. The maximum atomic E-state index is 5.87. The summed E-state index contributed by atoms with van der Waals surface area (Å²) >= 11 is 2.46. The predicted molar refractivity (Wildman–Crippen MR) is 79.7 cm³/mol. The van der Waals surface area contributed by atoms with Crippen molar-refractivity contribution in [1.29, 1.82) is 0 Å². The summed E-state index contributed by atoms with van der Waals surface area (Å²) in [6.07, 6.45) is 6.96. The third-order valence-electron chi connectivity index (χ3n) is 4.68. The third-order valence-corrected chi connectivity index (χ3v) is 5.64. The van der Waals surface area contributed by atoms with Crippen LogP contribution in [-0.4, -0.2) is 43.0 Å². The average Bonchev–Trinajstić information content (AvgIpc) is 2.98. The molecule has 2 saturated heterocycles.